The van der Waals surface area contributed by atoms with Gasteiger partial charge in [0.2, 0.25) is 5.91 Å². The van der Waals surface area contributed by atoms with E-state index in [1.807, 2.05) is 13.0 Å². The second-order valence-electron chi connectivity index (χ2n) is 4.89. The Bertz CT molecular complexity index is 468. The Morgan fingerprint density at radius 2 is 1.95 bits per heavy atom. The Labute approximate surface area is 130 Å². The third-order valence-electron chi connectivity index (χ3n) is 3.14. The van der Waals surface area contributed by atoms with Gasteiger partial charge in [-0.25, -0.2) is 4.79 Å². The molecule has 5 heteroatoms. The average Bonchev–Trinajstić information content (AvgIpc) is 2.87. The van der Waals surface area contributed by atoms with Gasteiger partial charge in [0.05, 0.1) is 12.2 Å². The smallest absolute Gasteiger partial charge is 0.341 e. The molecule has 0 atom stereocenters. The van der Waals surface area contributed by atoms with Crippen molar-refractivity contribution in [3.63, 3.8) is 0 Å². The fraction of sp³-hybridized carbons (Fsp3) is 0.625. The van der Waals surface area contributed by atoms with Crippen LogP contribution >= 0.6 is 11.3 Å². The summed E-state index contributed by atoms with van der Waals surface area (Å²) in [6, 6.07) is 1.81. The average molecular weight is 311 g/mol. The first-order valence-corrected chi connectivity index (χ1v) is 8.53. The standard InChI is InChI=1S/C16H25NO3S/c1-4-7-8-9-10-14(18)17-15-13(16(19)20-6-3)11-12(5-2)21-15/h11H,4-10H2,1-3H3,(H,17,18). The van der Waals surface area contributed by atoms with Crippen LogP contribution in [0.1, 0.15) is 68.1 Å². The van der Waals surface area contributed by atoms with Crippen molar-refractivity contribution >= 4 is 28.2 Å². The largest absolute Gasteiger partial charge is 0.462 e. The van der Waals surface area contributed by atoms with Crippen molar-refractivity contribution in [3.8, 4) is 0 Å². The highest BCUT2D eigenvalue weighted by Gasteiger charge is 2.18. The summed E-state index contributed by atoms with van der Waals surface area (Å²) >= 11 is 1.45. The number of hydrogen-bond donors (Lipinski definition) is 1. The van der Waals surface area contributed by atoms with E-state index in [2.05, 4.69) is 12.2 Å². The lowest BCUT2D eigenvalue weighted by Gasteiger charge is -2.06. The van der Waals surface area contributed by atoms with E-state index in [0.717, 1.165) is 37.0 Å². The topological polar surface area (TPSA) is 55.4 Å². The molecule has 0 bridgehead atoms. The summed E-state index contributed by atoms with van der Waals surface area (Å²) in [5.74, 6) is -0.393. The van der Waals surface area contributed by atoms with Gasteiger partial charge in [0.25, 0.3) is 0 Å². The maximum atomic E-state index is 11.9. The van der Waals surface area contributed by atoms with E-state index >= 15 is 0 Å². The van der Waals surface area contributed by atoms with Gasteiger partial charge in [-0.3, -0.25) is 4.79 Å². The van der Waals surface area contributed by atoms with Crippen molar-refractivity contribution in [2.75, 3.05) is 11.9 Å². The molecule has 0 radical (unpaired) electrons. The second-order valence-corrected chi connectivity index (χ2v) is 6.03. The van der Waals surface area contributed by atoms with Gasteiger partial charge in [0, 0.05) is 11.3 Å². The lowest BCUT2D eigenvalue weighted by Crippen LogP contribution is -2.13. The SMILES string of the molecule is CCCCCCC(=O)Nc1sc(CC)cc1C(=O)OCC. The molecule has 0 saturated carbocycles. The van der Waals surface area contributed by atoms with E-state index in [0.29, 0.717) is 23.6 Å². The van der Waals surface area contributed by atoms with Gasteiger partial charge in [0.15, 0.2) is 0 Å². The Balaban J connectivity index is 2.66. The van der Waals surface area contributed by atoms with Gasteiger partial charge < -0.3 is 10.1 Å². The molecule has 0 aliphatic heterocycles. The predicted octanol–water partition coefficient (Wildman–Crippen LogP) is 4.40. The van der Waals surface area contributed by atoms with Crippen molar-refractivity contribution in [3.05, 3.63) is 16.5 Å². The number of thiophene rings is 1. The summed E-state index contributed by atoms with van der Waals surface area (Å²) in [7, 11) is 0. The van der Waals surface area contributed by atoms with Crippen molar-refractivity contribution < 1.29 is 14.3 Å². The molecule has 1 N–H and O–H groups in total. The number of esters is 1. The first-order chi connectivity index (χ1) is 10.1. The van der Waals surface area contributed by atoms with Crippen LogP contribution in [0.2, 0.25) is 0 Å². The number of anilines is 1. The summed E-state index contributed by atoms with van der Waals surface area (Å²) in [6.07, 6.45) is 5.60. The molecule has 0 aliphatic carbocycles. The zero-order valence-electron chi connectivity index (χ0n) is 13.2. The normalized spacial score (nSPS) is 10.4. The van der Waals surface area contributed by atoms with Crippen LogP contribution in [0.3, 0.4) is 0 Å². The highest BCUT2D eigenvalue weighted by atomic mass is 32.1. The molecule has 1 heterocycles. The van der Waals surface area contributed by atoms with Crippen LogP contribution in [0.15, 0.2) is 6.07 Å². The number of carbonyl (C=O) groups excluding carboxylic acids is 2. The molecule has 1 amide bonds. The highest BCUT2D eigenvalue weighted by Crippen LogP contribution is 2.29. The Morgan fingerprint density at radius 3 is 2.57 bits per heavy atom. The minimum atomic E-state index is -0.366. The first kappa shape index (κ1) is 17.7. The molecule has 0 unspecified atom stereocenters. The van der Waals surface area contributed by atoms with E-state index in [-0.39, 0.29) is 11.9 Å². The van der Waals surface area contributed by atoms with Crippen LogP contribution in [0.4, 0.5) is 5.00 Å². The molecular formula is C16H25NO3S. The quantitative estimate of drug-likeness (QED) is 0.543. The number of unbranched alkanes of at least 4 members (excludes halogenated alkanes) is 3. The lowest BCUT2D eigenvalue weighted by molar-refractivity contribution is -0.116. The number of carbonyl (C=O) groups is 2. The second kappa shape index (κ2) is 9.55. The minimum absolute atomic E-state index is 0.0267. The molecule has 0 aromatic carbocycles. The number of nitrogens with one attached hydrogen (secondary N) is 1. The Kier molecular flexibility index (Phi) is 8.05. The van der Waals surface area contributed by atoms with E-state index in [9.17, 15) is 9.59 Å². The third kappa shape index (κ3) is 5.87. The molecular weight excluding hydrogens is 286 g/mol. The molecule has 0 aliphatic rings. The van der Waals surface area contributed by atoms with Gasteiger partial charge >= 0.3 is 5.97 Å². The molecule has 21 heavy (non-hydrogen) atoms. The van der Waals surface area contributed by atoms with Crippen molar-refractivity contribution in [2.45, 2.75) is 59.3 Å². The third-order valence-corrected chi connectivity index (χ3v) is 4.33. The van der Waals surface area contributed by atoms with Gasteiger partial charge in [-0.05, 0) is 25.8 Å². The van der Waals surface area contributed by atoms with Crippen LogP contribution in [-0.2, 0) is 16.0 Å². The Hall–Kier alpha value is -1.36. The van der Waals surface area contributed by atoms with Gasteiger partial charge in [-0.15, -0.1) is 11.3 Å². The first-order valence-electron chi connectivity index (χ1n) is 7.72. The van der Waals surface area contributed by atoms with E-state index in [4.69, 9.17) is 4.74 Å². The van der Waals surface area contributed by atoms with Gasteiger partial charge in [-0.2, -0.15) is 0 Å². The number of rotatable bonds is 9. The fourth-order valence-corrected chi connectivity index (χ4v) is 2.97. The molecule has 1 aromatic heterocycles. The summed E-state index contributed by atoms with van der Waals surface area (Å²) in [5.41, 5.74) is 0.473. The lowest BCUT2D eigenvalue weighted by atomic mass is 10.1. The molecule has 118 valence electrons. The van der Waals surface area contributed by atoms with Crippen LogP contribution in [0.25, 0.3) is 0 Å². The van der Waals surface area contributed by atoms with Crippen LogP contribution in [-0.4, -0.2) is 18.5 Å². The van der Waals surface area contributed by atoms with Crippen LogP contribution in [0.5, 0.6) is 0 Å². The van der Waals surface area contributed by atoms with Crippen molar-refractivity contribution in [1.82, 2.24) is 0 Å². The van der Waals surface area contributed by atoms with E-state index in [1.165, 1.54) is 11.3 Å². The molecule has 1 rings (SSSR count). The van der Waals surface area contributed by atoms with Crippen LogP contribution in [0, 0.1) is 0 Å². The highest BCUT2D eigenvalue weighted by molar-refractivity contribution is 7.16. The Morgan fingerprint density at radius 1 is 1.19 bits per heavy atom. The predicted molar refractivity (Wildman–Crippen MR) is 87.0 cm³/mol. The summed E-state index contributed by atoms with van der Waals surface area (Å²) in [4.78, 5) is 24.9. The van der Waals surface area contributed by atoms with Gasteiger partial charge in [0.1, 0.15) is 5.00 Å². The van der Waals surface area contributed by atoms with Gasteiger partial charge in [-0.1, -0.05) is 33.1 Å². The van der Waals surface area contributed by atoms with E-state index < -0.39 is 0 Å². The summed E-state index contributed by atoms with van der Waals surface area (Å²) in [6.45, 7) is 6.28. The van der Waals surface area contributed by atoms with Crippen molar-refractivity contribution in [1.29, 1.82) is 0 Å². The number of amides is 1. The zero-order valence-corrected chi connectivity index (χ0v) is 14.0. The molecule has 0 spiro atoms. The number of aryl methyl sites for hydroxylation is 1. The monoisotopic (exact) mass is 311 g/mol. The maximum Gasteiger partial charge on any atom is 0.341 e. The molecule has 0 saturated heterocycles. The number of hydrogen-bond acceptors (Lipinski definition) is 4. The summed E-state index contributed by atoms with van der Waals surface area (Å²) in [5, 5.41) is 3.48. The maximum absolute atomic E-state index is 11.9. The van der Waals surface area contributed by atoms with E-state index in [1.54, 1.807) is 6.92 Å². The molecule has 0 fully saturated rings. The van der Waals surface area contributed by atoms with Crippen molar-refractivity contribution in [2.24, 2.45) is 0 Å². The number of ether oxygens (including phenoxy) is 1. The zero-order chi connectivity index (χ0) is 15.7. The minimum Gasteiger partial charge on any atom is -0.462 e. The summed E-state index contributed by atoms with van der Waals surface area (Å²) < 4.78 is 5.04. The van der Waals surface area contributed by atoms with Crippen LogP contribution < -0.4 is 5.32 Å². The fourth-order valence-electron chi connectivity index (χ4n) is 1.97. The molecule has 1 aromatic rings. The molecule has 4 nitrogen and oxygen atoms in total.